The maximum absolute atomic E-state index is 14.1. The average Bonchev–Trinajstić information content (AvgIpc) is 2.84. The summed E-state index contributed by atoms with van der Waals surface area (Å²) in [5.74, 6) is 0.889. The van der Waals surface area contributed by atoms with E-state index in [1.54, 1.807) is 0 Å². The topological polar surface area (TPSA) is 30.5 Å². The summed E-state index contributed by atoms with van der Waals surface area (Å²) in [6.07, 6.45) is 4.20. The van der Waals surface area contributed by atoms with Crippen molar-refractivity contribution < 1.29 is 13.9 Å². The zero-order valence-corrected chi connectivity index (χ0v) is 11.6. The fourth-order valence-electron chi connectivity index (χ4n) is 2.54. The minimum Gasteiger partial charge on any atom is -0.453 e. The van der Waals surface area contributed by atoms with E-state index in [0.29, 0.717) is 34.0 Å². The maximum Gasteiger partial charge on any atom is 0.231 e. The van der Waals surface area contributed by atoms with Gasteiger partial charge in [0, 0.05) is 17.7 Å². The highest BCUT2D eigenvalue weighted by atomic mass is 79.9. The molecule has 1 aromatic rings. The van der Waals surface area contributed by atoms with Crippen LogP contribution in [0.15, 0.2) is 10.5 Å². The van der Waals surface area contributed by atoms with Gasteiger partial charge in [-0.2, -0.15) is 0 Å². The molecule has 5 heteroatoms. The molecule has 0 amide bonds. The number of halogens is 2. The summed E-state index contributed by atoms with van der Waals surface area (Å²) in [6.45, 7) is 1.19. The Morgan fingerprint density at radius 3 is 3.06 bits per heavy atom. The number of hydrogen-bond acceptors (Lipinski definition) is 3. The van der Waals surface area contributed by atoms with Crippen LogP contribution in [0.25, 0.3) is 0 Å². The predicted molar refractivity (Wildman–Crippen MR) is 69.6 cm³/mol. The highest BCUT2D eigenvalue weighted by Crippen LogP contribution is 2.42. The van der Waals surface area contributed by atoms with E-state index in [1.165, 1.54) is 18.9 Å². The van der Waals surface area contributed by atoms with E-state index in [1.807, 2.05) is 0 Å². The monoisotopic (exact) mass is 315 g/mol. The first kappa shape index (κ1) is 12.2. The van der Waals surface area contributed by atoms with Crippen LogP contribution >= 0.6 is 15.9 Å². The predicted octanol–water partition coefficient (Wildman–Crippen LogP) is 3.00. The quantitative estimate of drug-likeness (QED) is 0.910. The molecule has 2 aliphatic rings. The summed E-state index contributed by atoms with van der Waals surface area (Å²) in [5, 5.41) is 3.43. The molecular formula is C13H15BrFNO2. The molecule has 1 aromatic carbocycles. The van der Waals surface area contributed by atoms with Crippen LogP contribution in [-0.2, 0) is 6.42 Å². The number of piperidine rings is 1. The smallest absolute Gasteiger partial charge is 0.231 e. The van der Waals surface area contributed by atoms with Gasteiger partial charge in [-0.3, -0.25) is 0 Å². The van der Waals surface area contributed by atoms with E-state index in [0.717, 1.165) is 13.0 Å². The third-order valence-electron chi connectivity index (χ3n) is 3.51. The SMILES string of the molecule is Fc1cc2c(c(Br)c1CC1CCCCN1)OCO2. The highest BCUT2D eigenvalue weighted by molar-refractivity contribution is 9.10. The number of fused-ring (bicyclic) bond motifs is 1. The van der Waals surface area contributed by atoms with Crippen molar-refractivity contribution in [3.63, 3.8) is 0 Å². The van der Waals surface area contributed by atoms with Crippen molar-refractivity contribution in [3.05, 3.63) is 21.9 Å². The van der Waals surface area contributed by atoms with Crippen LogP contribution in [0.5, 0.6) is 11.5 Å². The Morgan fingerprint density at radius 1 is 1.39 bits per heavy atom. The van der Waals surface area contributed by atoms with E-state index in [9.17, 15) is 4.39 Å². The van der Waals surface area contributed by atoms with Crippen molar-refractivity contribution in [3.8, 4) is 11.5 Å². The maximum atomic E-state index is 14.1. The molecule has 0 bridgehead atoms. The van der Waals surface area contributed by atoms with Gasteiger partial charge in [-0.1, -0.05) is 6.42 Å². The van der Waals surface area contributed by atoms with Crippen LogP contribution in [0, 0.1) is 5.82 Å². The molecular weight excluding hydrogens is 301 g/mol. The van der Waals surface area contributed by atoms with Crippen molar-refractivity contribution in [2.75, 3.05) is 13.3 Å². The van der Waals surface area contributed by atoms with Crippen LogP contribution in [0.3, 0.4) is 0 Å². The van der Waals surface area contributed by atoms with Gasteiger partial charge < -0.3 is 14.8 Å². The third kappa shape index (κ3) is 2.21. The summed E-state index contributed by atoms with van der Waals surface area (Å²) < 4.78 is 25.3. The van der Waals surface area contributed by atoms with Crippen molar-refractivity contribution >= 4 is 15.9 Å². The van der Waals surface area contributed by atoms with Crippen LogP contribution < -0.4 is 14.8 Å². The largest absolute Gasteiger partial charge is 0.453 e. The van der Waals surface area contributed by atoms with Crippen molar-refractivity contribution in [1.29, 1.82) is 0 Å². The second kappa shape index (κ2) is 5.05. The normalized spacial score (nSPS) is 22.2. The van der Waals surface area contributed by atoms with Gasteiger partial charge in [0.1, 0.15) is 5.82 Å². The zero-order chi connectivity index (χ0) is 12.5. The summed E-state index contributed by atoms with van der Waals surface area (Å²) in [5.41, 5.74) is 0.679. The second-order valence-electron chi connectivity index (χ2n) is 4.74. The average molecular weight is 316 g/mol. The van der Waals surface area contributed by atoms with E-state index >= 15 is 0 Å². The molecule has 1 saturated heterocycles. The van der Waals surface area contributed by atoms with Crippen molar-refractivity contribution in [1.82, 2.24) is 5.32 Å². The van der Waals surface area contributed by atoms with Crippen molar-refractivity contribution in [2.45, 2.75) is 31.7 Å². The molecule has 3 rings (SSSR count). The highest BCUT2D eigenvalue weighted by Gasteiger charge is 2.25. The summed E-state index contributed by atoms with van der Waals surface area (Å²) in [6, 6.07) is 1.77. The lowest BCUT2D eigenvalue weighted by atomic mass is 9.97. The molecule has 3 nitrogen and oxygen atoms in total. The van der Waals surface area contributed by atoms with Gasteiger partial charge in [-0.25, -0.2) is 4.39 Å². The molecule has 1 N–H and O–H groups in total. The Balaban J connectivity index is 1.87. The number of hydrogen-bond donors (Lipinski definition) is 1. The minimum atomic E-state index is -0.224. The van der Waals surface area contributed by atoms with E-state index in [-0.39, 0.29) is 12.6 Å². The molecule has 0 radical (unpaired) electrons. The Morgan fingerprint density at radius 2 is 2.28 bits per heavy atom. The van der Waals surface area contributed by atoms with Gasteiger partial charge in [-0.05, 0) is 41.7 Å². The zero-order valence-electron chi connectivity index (χ0n) is 9.97. The number of benzene rings is 1. The van der Waals surface area contributed by atoms with Crippen LogP contribution in [-0.4, -0.2) is 19.4 Å². The molecule has 0 aromatic heterocycles. The van der Waals surface area contributed by atoms with Crippen LogP contribution in [0.1, 0.15) is 24.8 Å². The van der Waals surface area contributed by atoms with E-state index in [4.69, 9.17) is 9.47 Å². The molecule has 2 heterocycles. The van der Waals surface area contributed by atoms with Gasteiger partial charge in [0.15, 0.2) is 11.5 Å². The number of ether oxygens (including phenoxy) is 2. The second-order valence-corrected chi connectivity index (χ2v) is 5.53. The Bertz CT molecular complexity index is 461. The van der Waals surface area contributed by atoms with E-state index in [2.05, 4.69) is 21.2 Å². The molecule has 0 spiro atoms. The first-order chi connectivity index (χ1) is 8.75. The van der Waals surface area contributed by atoms with Gasteiger partial charge in [0.2, 0.25) is 6.79 Å². The molecule has 98 valence electrons. The molecule has 0 saturated carbocycles. The number of rotatable bonds is 2. The molecule has 0 aliphatic carbocycles. The lowest BCUT2D eigenvalue weighted by Gasteiger charge is -2.24. The molecule has 1 unspecified atom stereocenters. The number of nitrogens with one attached hydrogen (secondary N) is 1. The van der Waals surface area contributed by atoms with Crippen LogP contribution in [0.4, 0.5) is 4.39 Å². The first-order valence-electron chi connectivity index (χ1n) is 6.25. The summed E-state index contributed by atoms with van der Waals surface area (Å²) in [4.78, 5) is 0. The lowest BCUT2D eigenvalue weighted by Crippen LogP contribution is -2.35. The first-order valence-corrected chi connectivity index (χ1v) is 7.05. The third-order valence-corrected chi connectivity index (χ3v) is 4.35. The fraction of sp³-hybridized carbons (Fsp3) is 0.538. The lowest BCUT2D eigenvalue weighted by molar-refractivity contribution is 0.173. The van der Waals surface area contributed by atoms with Gasteiger partial charge in [0.25, 0.3) is 0 Å². The fourth-order valence-corrected chi connectivity index (χ4v) is 3.20. The Labute approximate surface area is 114 Å². The minimum absolute atomic E-state index is 0.165. The molecule has 1 atom stereocenters. The van der Waals surface area contributed by atoms with Crippen molar-refractivity contribution in [2.24, 2.45) is 0 Å². The van der Waals surface area contributed by atoms with Gasteiger partial charge in [-0.15, -0.1) is 0 Å². The summed E-state index contributed by atoms with van der Waals surface area (Å²) >= 11 is 3.44. The van der Waals surface area contributed by atoms with Gasteiger partial charge in [0.05, 0.1) is 4.47 Å². The standard InChI is InChI=1S/C13H15BrFNO2/c14-12-9(5-8-3-1-2-4-16-8)10(15)6-11-13(12)18-7-17-11/h6,8,16H,1-5,7H2. The van der Waals surface area contributed by atoms with E-state index < -0.39 is 0 Å². The molecule has 18 heavy (non-hydrogen) atoms. The van der Waals surface area contributed by atoms with Crippen LogP contribution in [0.2, 0.25) is 0 Å². The summed E-state index contributed by atoms with van der Waals surface area (Å²) in [7, 11) is 0. The Kier molecular flexibility index (Phi) is 3.43. The van der Waals surface area contributed by atoms with Gasteiger partial charge >= 0.3 is 0 Å². The molecule has 1 fully saturated rings. The molecule has 2 aliphatic heterocycles. The Hall–Kier alpha value is -0.810.